The predicted molar refractivity (Wildman–Crippen MR) is 119 cm³/mol. The van der Waals surface area contributed by atoms with Crippen LogP contribution in [-0.4, -0.2) is 12.2 Å². The van der Waals surface area contributed by atoms with Gasteiger partial charge in [0.15, 0.2) is 17.4 Å². The highest BCUT2D eigenvalue weighted by atomic mass is 19.2. The smallest absolute Gasteiger partial charge is 0.200 e. The fourth-order valence-corrected chi connectivity index (χ4v) is 1.90. The van der Waals surface area contributed by atoms with Crippen LogP contribution in [0.15, 0.2) is 103 Å². The SMILES string of the molecule is C=C(/C=C\C(=C)C(=C)/C(F)=C(/F)C(=C)OC)CCc1ccc(O)c(F)c1.C=CCC. The van der Waals surface area contributed by atoms with Gasteiger partial charge in [0.25, 0.3) is 0 Å². The molecule has 1 N–H and O–H groups in total. The zero-order chi connectivity index (χ0) is 23.3. The van der Waals surface area contributed by atoms with Gasteiger partial charge in [0.1, 0.15) is 5.76 Å². The molecule has 0 atom stereocenters. The van der Waals surface area contributed by atoms with E-state index in [-0.39, 0.29) is 11.1 Å². The van der Waals surface area contributed by atoms with Crippen LogP contribution in [0.25, 0.3) is 0 Å². The molecule has 0 aliphatic carbocycles. The summed E-state index contributed by atoms with van der Waals surface area (Å²) in [6.45, 7) is 19.7. The lowest BCUT2D eigenvalue weighted by Crippen LogP contribution is -1.93. The highest BCUT2D eigenvalue weighted by Gasteiger charge is 2.14. The second-order valence-corrected chi connectivity index (χ2v) is 6.23. The van der Waals surface area contributed by atoms with E-state index in [0.717, 1.165) is 6.42 Å². The summed E-state index contributed by atoms with van der Waals surface area (Å²) >= 11 is 0. The highest BCUT2D eigenvalue weighted by molar-refractivity contribution is 5.49. The topological polar surface area (TPSA) is 29.5 Å². The molecule has 0 aromatic heterocycles. The fourth-order valence-electron chi connectivity index (χ4n) is 1.90. The van der Waals surface area contributed by atoms with Gasteiger partial charge in [0.2, 0.25) is 5.83 Å². The van der Waals surface area contributed by atoms with Gasteiger partial charge in [-0.05, 0) is 42.5 Å². The Bertz CT molecular complexity index is 861. The lowest BCUT2D eigenvalue weighted by atomic mass is 10.0. The Morgan fingerprint density at radius 3 is 2.20 bits per heavy atom. The first-order valence-electron chi connectivity index (χ1n) is 9.20. The molecule has 1 aromatic carbocycles. The molecule has 0 saturated heterocycles. The van der Waals surface area contributed by atoms with E-state index in [1.165, 1.54) is 25.3 Å². The second-order valence-electron chi connectivity index (χ2n) is 6.23. The van der Waals surface area contributed by atoms with Crippen LogP contribution in [0.2, 0.25) is 0 Å². The number of aromatic hydroxyl groups is 1. The van der Waals surface area contributed by atoms with Crippen LogP contribution in [0.1, 0.15) is 25.3 Å². The number of halogens is 3. The normalized spacial score (nSPS) is 11.1. The van der Waals surface area contributed by atoms with Gasteiger partial charge in [-0.15, -0.1) is 6.58 Å². The summed E-state index contributed by atoms with van der Waals surface area (Å²) in [5.41, 5.74) is 1.31. The van der Waals surface area contributed by atoms with Gasteiger partial charge < -0.3 is 9.84 Å². The van der Waals surface area contributed by atoms with Crippen molar-refractivity contribution in [2.45, 2.75) is 26.2 Å². The van der Waals surface area contributed by atoms with Crippen LogP contribution in [0.4, 0.5) is 13.2 Å². The first kappa shape index (κ1) is 26.8. The van der Waals surface area contributed by atoms with E-state index in [0.29, 0.717) is 24.0 Å². The Kier molecular flexibility index (Phi) is 12.4. The Hall–Kier alpha value is -3.21. The van der Waals surface area contributed by atoms with Gasteiger partial charge in [0.05, 0.1) is 7.11 Å². The average molecular weight is 418 g/mol. The summed E-state index contributed by atoms with van der Waals surface area (Å²) in [6, 6.07) is 4.15. The van der Waals surface area contributed by atoms with E-state index in [4.69, 9.17) is 5.11 Å². The maximum atomic E-state index is 13.9. The van der Waals surface area contributed by atoms with Gasteiger partial charge >= 0.3 is 0 Å². The molecule has 5 heteroatoms. The molecule has 162 valence electrons. The van der Waals surface area contributed by atoms with E-state index in [1.54, 1.807) is 12.1 Å². The number of hydrogen-bond donors (Lipinski definition) is 1. The minimum Gasteiger partial charge on any atom is -0.505 e. The number of hydrogen-bond acceptors (Lipinski definition) is 2. The molecular weight excluding hydrogens is 389 g/mol. The Morgan fingerprint density at radius 1 is 1.10 bits per heavy atom. The van der Waals surface area contributed by atoms with Gasteiger partial charge in [-0.1, -0.05) is 63.1 Å². The maximum absolute atomic E-state index is 13.9. The van der Waals surface area contributed by atoms with E-state index < -0.39 is 29.0 Å². The fraction of sp³-hybridized carbons (Fsp3) is 0.200. The molecule has 0 heterocycles. The first-order chi connectivity index (χ1) is 14.1. The minimum atomic E-state index is -1.24. The molecule has 0 amide bonds. The van der Waals surface area contributed by atoms with Crippen LogP contribution in [0.3, 0.4) is 0 Å². The molecule has 0 saturated carbocycles. The van der Waals surface area contributed by atoms with Crippen LogP contribution < -0.4 is 0 Å². The summed E-state index contributed by atoms with van der Waals surface area (Å²) in [6.07, 6.45) is 7.03. The molecule has 0 spiro atoms. The summed E-state index contributed by atoms with van der Waals surface area (Å²) in [5, 5.41) is 9.16. The minimum absolute atomic E-state index is 0.165. The van der Waals surface area contributed by atoms with Crippen molar-refractivity contribution >= 4 is 0 Å². The van der Waals surface area contributed by atoms with E-state index >= 15 is 0 Å². The molecule has 0 fully saturated rings. The van der Waals surface area contributed by atoms with E-state index in [2.05, 4.69) is 44.6 Å². The molecule has 30 heavy (non-hydrogen) atoms. The lowest BCUT2D eigenvalue weighted by Gasteiger charge is -2.07. The van der Waals surface area contributed by atoms with Crippen molar-refractivity contribution in [2.24, 2.45) is 0 Å². The summed E-state index contributed by atoms with van der Waals surface area (Å²) in [4.78, 5) is 0. The lowest BCUT2D eigenvalue weighted by molar-refractivity contribution is 0.281. The number of aryl methyl sites for hydroxylation is 1. The zero-order valence-corrected chi connectivity index (χ0v) is 17.6. The standard InChI is InChI=1S/C21H21F3O2.C4H8/c1-13(7-9-17-10-11-19(25)18(22)12-17)6-8-14(2)15(3)20(23)21(24)16(4)26-5;1-3-4-2/h6,8,10-12,25H,1-4,7,9H2,5H3;3H,1,4H2,2H3/b8-6-,21-20-;. The van der Waals surface area contributed by atoms with E-state index in [1.807, 2.05) is 6.08 Å². The molecule has 0 bridgehead atoms. The number of phenolic OH excluding ortho intramolecular Hbond substituents is 1. The number of benzene rings is 1. The molecule has 0 aliphatic heterocycles. The molecule has 1 aromatic rings. The van der Waals surface area contributed by atoms with Crippen LogP contribution in [-0.2, 0) is 11.2 Å². The largest absolute Gasteiger partial charge is 0.505 e. The van der Waals surface area contributed by atoms with Crippen molar-refractivity contribution in [3.63, 3.8) is 0 Å². The van der Waals surface area contributed by atoms with E-state index in [9.17, 15) is 13.2 Å². The second kappa shape index (κ2) is 13.9. The Balaban J connectivity index is 0.00000192. The number of allylic oxidation sites excluding steroid dienone is 8. The average Bonchev–Trinajstić information content (AvgIpc) is 2.76. The number of ether oxygens (including phenoxy) is 1. The van der Waals surface area contributed by atoms with Gasteiger partial charge in [-0.25, -0.2) is 8.78 Å². The molecule has 2 nitrogen and oxygen atoms in total. The molecular formula is C25H29F3O2. The van der Waals surface area contributed by atoms with Crippen molar-refractivity contribution in [2.75, 3.05) is 7.11 Å². The highest BCUT2D eigenvalue weighted by Crippen LogP contribution is 2.27. The molecule has 0 radical (unpaired) electrons. The first-order valence-corrected chi connectivity index (χ1v) is 9.20. The third-order valence-electron chi connectivity index (χ3n) is 3.89. The van der Waals surface area contributed by atoms with Crippen LogP contribution in [0, 0.1) is 5.82 Å². The number of phenols is 1. The van der Waals surface area contributed by atoms with Crippen LogP contribution in [0.5, 0.6) is 5.75 Å². The maximum Gasteiger partial charge on any atom is 0.200 e. The summed E-state index contributed by atoms with van der Waals surface area (Å²) in [7, 11) is 1.18. The quantitative estimate of drug-likeness (QED) is 0.241. The summed E-state index contributed by atoms with van der Waals surface area (Å²) < 4.78 is 45.4. The number of rotatable bonds is 10. The molecule has 0 unspecified atom stereocenters. The summed E-state index contributed by atoms with van der Waals surface area (Å²) in [5.74, 6) is -3.96. The molecule has 0 aliphatic rings. The Morgan fingerprint density at radius 2 is 1.70 bits per heavy atom. The van der Waals surface area contributed by atoms with Crippen molar-refractivity contribution in [3.8, 4) is 5.75 Å². The van der Waals surface area contributed by atoms with Crippen molar-refractivity contribution in [3.05, 3.63) is 115 Å². The van der Waals surface area contributed by atoms with Gasteiger partial charge in [-0.3, -0.25) is 0 Å². The van der Waals surface area contributed by atoms with Gasteiger partial charge in [0, 0.05) is 5.57 Å². The van der Waals surface area contributed by atoms with Crippen LogP contribution >= 0.6 is 0 Å². The van der Waals surface area contributed by atoms with Crippen molar-refractivity contribution in [1.82, 2.24) is 0 Å². The number of methoxy groups -OCH3 is 1. The predicted octanol–water partition coefficient (Wildman–Crippen LogP) is 7.58. The van der Waals surface area contributed by atoms with Crippen molar-refractivity contribution < 1.29 is 23.0 Å². The van der Waals surface area contributed by atoms with Gasteiger partial charge in [-0.2, -0.15) is 4.39 Å². The molecule has 1 rings (SSSR count). The Labute approximate surface area is 177 Å². The third-order valence-corrected chi connectivity index (χ3v) is 3.89. The zero-order valence-electron chi connectivity index (χ0n) is 17.6. The van der Waals surface area contributed by atoms with Crippen molar-refractivity contribution in [1.29, 1.82) is 0 Å². The third kappa shape index (κ3) is 9.32. The monoisotopic (exact) mass is 418 g/mol.